The molecule has 50 heavy (non-hydrogen) atoms. The van der Waals surface area contributed by atoms with Crippen molar-refractivity contribution in [2.24, 2.45) is 0 Å². The van der Waals surface area contributed by atoms with Crippen molar-refractivity contribution in [2.75, 3.05) is 31.2 Å². The molecule has 6 rings (SSSR count). The molecule has 0 spiro atoms. The van der Waals surface area contributed by atoms with Gasteiger partial charge in [0, 0.05) is 49.9 Å². The lowest BCUT2D eigenvalue weighted by Gasteiger charge is -2.23. The number of hydrogen-bond donors (Lipinski definition) is 3. The number of nitrogens with one attached hydrogen (secondary N) is 1. The second kappa shape index (κ2) is 15.2. The van der Waals surface area contributed by atoms with E-state index < -0.39 is 11.7 Å². The molecule has 0 amide bonds. The van der Waals surface area contributed by atoms with Crippen molar-refractivity contribution in [1.82, 2.24) is 14.9 Å². The van der Waals surface area contributed by atoms with Crippen molar-refractivity contribution in [1.29, 1.82) is 0 Å². The highest BCUT2D eigenvalue weighted by molar-refractivity contribution is 5.86. The molecule has 1 heterocycles. The Kier molecular flexibility index (Phi) is 10.6. The summed E-state index contributed by atoms with van der Waals surface area (Å²) >= 11 is 0. The number of fused-ring (bicyclic) bond motifs is 2. The van der Waals surface area contributed by atoms with Crippen LogP contribution in [0.15, 0.2) is 109 Å². The lowest BCUT2D eigenvalue weighted by molar-refractivity contribution is -0.137. The number of halogens is 3. The van der Waals surface area contributed by atoms with Gasteiger partial charge in [0.1, 0.15) is 11.6 Å². The number of hydrogen-bond acceptors (Lipinski definition) is 6. The summed E-state index contributed by atoms with van der Waals surface area (Å²) in [7, 11) is 0. The average Bonchev–Trinajstić information content (AvgIpc) is 3.47. The second-order valence-electron chi connectivity index (χ2n) is 12.4. The van der Waals surface area contributed by atoms with Gasteiger partial charge in [0.25, 0.3) is 0 Å². The van der Waals surface area contributed by atoms with Gasteiger partial charge in [-0.25, -0.2) is 4.98 Å². The van der Waals surface area contributed by atoms with Gasteiger partial charge in [-0.15, -0.1) is 0 Å². The maximum Gasteiger partial charge on any atom is 0.416 e. The Morgan fingerprint density at radius 2 is 1.58 bits per heavy atom. The Hall–Kier alpha value is -5.03. The lowest BCUT2D eigenvalue weighted by Crippen LogP contribution is -2.29. The number of anilines is 1. The molecule has 1 atom stereocenters. The zero-order valence-electron chi connectivity index (χ0n) is 27.7. The molecule has 0 aliphatic carbocycles. The van der Waals surface area contributed by atoms with Crippen LogP contribution in [-0.4, -0.2) is 51.9 Å². The molecule has 3 N–H and O–H groups in total. The van der Waals surface area contributed by atoms with E-state index in [1.165, 1.54) is 12.1 Å². The van der Waals surface area contributed by atoms with Gasteiger partial charge < -0.3 is 25.0 Å². The number of aromatic nitrogens is 2. The van der Waals surface area contributed by atoms with E-state index in [9.17, 15) is 28.2 Å². The molecule has 1 unspecified atom stereocenters. The van der Waals surface area contributed by atoms with Crippen LogP contribution < -0.4 is 10.2 Å². The van der Waals surface area contributed by atoms with Crippen LogP contribution in [0.25, 0.3) is 33.2 Å². The Morgan fingerprint density at radius 3 is 2.26 bits per heavy atom. The van der Waals surface area contributed by atoms with Crippen LogP contribution >= 0.6 is 0 Å². The van der Waals surface area contributed by atoms with Crippen molar-refractivity contribution in [3.8, 4) is 11.4 Å². The summed E-state index contributed by atoms with van der Waals surface area (Å²) in [5.74, 6) is 0.678. The van der Waals surface area contributed by atoms with Gasteiger partial charge in [-0.1, -0.05) is 60.7 Å². The minimum Gasteiger partial charge on any atom is -0.395 e. The van der Waals surface area contributed by atoms with Crippen LogP contribution in [0.1, 0.15) is 41.6 Å². The number of rotatable bonds is 14. The number of carbonyl (C=O) groups excluding carboxylic acids is 1. The molecule has 1 aromatic heterocycles. The zero-order valence-corrected chi connectivity index (χ0v) is 27.7. The fourth-order valence-electron chi connectivity index (χ4n) is 6.43. The summed E-state index contributed by atoms with van der Waals surface area (Å²) in [4.78, 5) is 19.4. The number of aliphatic hydroxyl groups is 2. The van der Waals surface area contributed by atoms with E-state index in [1.54, 1.807) is 6.92 Å². The average molecular weight is 681 g/mol. The summed E-state index contributed by atoms with van der Waals surface area (Å²) in [5, 5.41) is 24.9. The van der Waals surface area contributed by atoms with Crippen LogP contribution in [0.2, 0.25) is 0 Å². The Balaban J connectivity index is 1.37. The molecule has 0 aliphatic heterocycles. The number of ketones is 1. The number of benzene rings is 5. The first-order valence-corrected chi connectivity index (χ1v) is 16.6. The maximum absolute atomic E-state index is 13.3. The fraction of sp³-hybridized carbons (Fsp3) is 0.250. The van der Waals surface area contributed by atoms with E-state index in [-0.39, 0.29) is 38.0 Å². The van der Waals surface area contributed by atoms with E-state index in [0.717, 1.165) is 50.8 Å². The third kappa shape index (κ3) is 7.89. The molecule has 0 saturated heterocycles. The van der Waals surface area contributed by atoms with E-state index in [1.807, 2.05) is 70.1 Å². The first-order chi connectivity index (χ1) is 24.1. The number of aliphatic hydroxyl groups excluding tert-OH is 2. The molecule has 5 aromatic carbocycles. The Morgan fingerprint density at radius 1 is 0.880 bits per heavy atom. The molecule has 0 fully saturated rings. The summed E-state index contributed by atoms with van der Waals surface area (Å²) in [6, 6.07) is 32.8. The van der Waals surface area contributed by atoms with Gasteiger partial charge in [0.15, 0.2) is 0 Å². The highest BCUT2D eigenvalue weighted by Crippen LogP contribution is 2.32. The van der Waals surface area contributed by atoms with Gasteiger partial charge in [0.05, 0.1) is 29.8 Å². The predicted octanol–water partition coefficient (Wildman–Crippen LogP) is 7.52. The van der Waals surface area contributed by atoms with Gasteiger partial charge in [-0.2, -0.15) is 13.2 Å². The van der Waals surface area contributed by atoms with Gasteiger partial charge in [-0.05, 0) is 82.9 Å². The molecule has 10 heteroatoms. The van der Waals surface area contributed by atoms with Crippen molar-refractivity contribution < 1.29 is 28.2 Å². The molecule has 0 bridgehead atoms. The molecular formula is C40H39F3N4O3. The topological polar surface area (TPSA) is 90.6 Å². The SMILES string of the molecule is CC(=O)CC(NCc1cccc2ccccc12)c1ccc2c(c1)nc(-c1ccc(N(CCO)CCO)cc1)n2Cc1ccc(C(F)(F)F)cc1. The highest BCUT2D eigenvalue weighted by atomic mass is 19.4. The van der Waals surface area contributed by atoms with Crippen LogP contribution in [0.3, 0.4) is 0 Å². The third-order valence-electron chi connectivity index (χ3n) is 8.94. The Labute approximate surface area is 288 Å². The summed E-state index contributed by atoms with van der Waals surface area (Å²) in [6.45, 7) is 3.02. The highest BCUT2D eigenvalue weighted by Gasteiger charge is 2.30. The van der Waals surface area contributed by atoms with Crippen molar-refractivity contribution in [2.45, 2.75) is 38.7 Å². The van der Waals surface area contributed by atoms with Gasteiger partial charge in [-0.3, -0.25) is 4.79 Å². The van der Waals surface area contributed by atoms with Crippen molar-refractivity contribution >= 4 is 33.3 Å². The third-order valence-corrected chi connectivity index (χ3v) is 8.94. The van der Waals surface area contributed by atoms with Crippen LogP contribution in [0.4, 0.5) is 18.9 Å². The van der Waals surface area contributed by atoms with Crippen LogP contribution in [-0.2, 0) is 24.1 Å². The van der Waals surface area contributed by atoms with Crippen LogP contribution in [0, 0.1) is 0 Å². The Bertz CT molecular complexity index is 2060. The smallest absolute Gasteiger partial charge is 0.395 e. The minimum absolute atomic E-state index is 0.0468. The van der Waals surface area contributed by atoms with E-state index in [0.29, 0.717) is 36.5 Å². The standard InChI is InChI=1S/C40H39F3N4O3/c1-27(50)23-36(44-25-32-7-4-6-29-5-2-3-8-35(29)32)31-13-18-38-37(24-31)45-39(30-11-16-34(17-12-30)46(19-21-48)20-22-49)47(38)26-28-9-14-33(15-10-28)40(41,42)43/h2-18,24,36,44,48-49H,19-23,25-26H2,1H3. The number of carbonyl (C=O) groups is 1. The first kappa shape index (κ1) is 34.8. The first-order valence-electron chi connectivity index (χ1n) is 16.6. The monoisotopic (exact) mass is 680 g/mol. The zero-order chi connectivity index (χ0) is 35.3. The molecule has 0 radical (unpaired) electrons. The molecular weight excluding hydrogens is 641 g/mol. The predicted molar refractivity (Wildman–Crippen MR) is 191 cm³/mol. The molecule has 0 saturated carbocycles. The van der Waals surface area contributed by atoms with Crippen LogP contribution in [0.5, 0.6) is 0 Å². The number of imidazole rings is 1. The molecule has 258 valence electrons. The second-order valence-corrected chi connectivity index (χ2v) is 12.4. The van der Waals surface area contributed by atoms with E-state index in [2.05, 4.69) is 29.6 Å². The maximum atomic E-state index is 13.3. The number of Topliss-reactive ketones (excluding diaryl/α,β-unsaturated/α-hetero) is 1. The normalized spacial score (nSPS) is 12.4. The summed E-state index contributed by atoms with van der Waals surface area (Å²) in [5.41, 5.74) is 5.11. The summed E-state index contributed by atoms with van der Waals surface area (Å²) in [6.07, 6.45) is -4.14. The summed E-state index contributed by atoms with van der Waals surface area (Å²) < 4.78 is 41.9. The minimum atomic E-state index is -4.43. The largest absolute Gasteiger partial charge is 0.416 e. The van der Waals surface area contributed by atoms with E-state index in [4.69, 9.17) is 4.98 Å². The van der Waals surface area contributed by atoms with Crippen molar-refractivity contribution in [3.63, 3.8) is 0 Å². The van der Waals surface area contributed by atoms with Gasteiger partial charge in [0.2, 0.25) is 0 Å². The molecule has 7 nitrogen and oxygen atoms in total. The quantitative estimate of drug-likeness (QED) is 0.110. The lowest BCUT2D eigenvalue weighted by atomic mass is 9.99. The number of alkyl halides is 3. The fourth-order valence-corrected chi connectivity index (χ4v) is 6.43. The molecule has 6 aromatic rings. The number of nitrogens with zero attached hydrogens (tertiary/aromatic N) is 3. The van der Waals surface area contributed by atoms with Gasteiger partial charge >= 0.3 is 6.18 Å². The molecule has 0 aliphatic rings. The van der Waals surface area contributed by atoms with Crippen molar-refractivity contribution in [3.05, 3.63) is 131 Å². The van der Waals surface area contributed by atoms with E-state index >= 15 is 0 Å².